The first-order chi connectivity index (χ1) is 12.8. The standard InChI is InChI=1S/C21H21N3OS/c1-2-22-21(26)24-23-14-19-9-5-6-10-20(19)25-15-16-11-12-17-7-3-4-8-18(17)13-16/h3-14H,2,15H2,1H3,(H2,22,24,26)/b23-14-. The highest BCUT2D eigenvalue weighted by Crippen LogP contribution is 2.20. The van der Waals surface area contributed by atoms with Crippen LogP contribution in [0.2, 0.25) is 0 Å². The van der Waals surface area contributed by atoms with E-state index in [0.717, 1.165) is 23.4 Å². The maximum Gasteiger partial charge on any atom is 0.186 e. The molecule has 3 rings (SSSR count). The van der Waals surface area contributed by atoms with E-state index in [-0.39, 0.29) is 0 Å². The first kappa shape index (κ1) is 17.9. The number of hydrogen-bond donors (Lipinski definition) is 2. The van der Waals surface area contributed by atoms with Crippen LogP contribution in [-0.2, 0) is 6.61 Å². The Kier molecular flexibility index (Phi) is 6.17. The summed E-state index contributed by atoms with van der Waals surface area (Å²) < 4.78 is 6.01. The van der Waals surface area contributed by atoms with E-state index in [1.165, 1.54) is 10.8 Å². The van der Waals surface area contributed by atoms with Crippen LogP contribution in [-0.4, -0.2) is 17.9 Å². The third kappa shape index (κ3) is 4.80. The van der Waals surface area contributed by atoms with Gasteiger partial charge in [-0.3, -0.25) is 5.43 Å². The first-order valence-electron chi connectivity index (χ1n) is 8.52. The topological polar surface area (TPSA) is 45.7 Å². The molecule has 0 fully saturated rings. The molecular weight excluding hydrogens is 342 g/mol. The molecule has 26 heavy (non-hydrogen) atoms. The predicted molar refractivity (Wildman–Crippen MR) is 112 cm³/mol. The smallest absolute Gasteiger partial charge is 0.186 e. The van der Waals surface area contributed by atoms with Crippen molar-refractivity contribution in [3.05, 3.63) is 77.9 Å². The highest BCUT2D eigenvalue weighted by Gasteiger charge is 2.02. The molecule has 0 saturated carbocycles. The molecule has 0 radical (unpaired) electrons. The maximum atomic E-state index is 6.01. The lowest BCUT2D eigenvalue weighted by atomic mass is 10.1. The molecule has 132 valence electrons. The second kappa shape index (κ2) is 8.97. The molecule has 0 aliphatic carbocycles. The first-order valence-corrected chi connectivity index (χ1v) is 8.93. The Morgan fingerprint density at radius 3 is 2.65 bits per heavy atom. The number of ether oxygens (including phenoxy) is 1. The normalized spacial score (nSPS) is 10.8. The fraction of sp³-hybridized carbons (Fsp3) is 0.143. The molecule has 4 nitrogen and oxygen atoms in total. The van der Waals surface area contributed by atoms with E-state index in [1.54, 1.807) is 6.21 Å². The van der Waals surface area contributed by atoms with E-state index in [2.05, 4.69) is 46.2 Å². The minimum atomic E-state index is 0.498. The molecule has 0 aliphatic rings. The molecule has 0 unspecified atom stereocenters. The van der Waals surface area contributed by atoms with Gasteiger partial charge < -0.3 is 10.1 Å². The molecule has 0 heterocycles. The lowest BCUT2D eigenvalue weighted by Gasteiger charge is -2.10. The Bertz CT molecular complexity index is 924. The summed E-state index contributed by atoms with van der Waals surface area (Å²) in [5.74, 6) is 0.778. The minimum Gasteiger partial charge on any atom is -0.488 e. The largest absolute Gasteiger partial charge is 0.488 e. The van der Waals surface area contributed by atoms with Crippen molar-refractivity contribution in [2.75, 3.05) is 6.54 Å². The molecule has 3 aromatic rings. The number of thiocarbonyl (C=S) groups is 1. The number of hydrogen-bond acceptors (Lipinski definition) is 3. The van der Waals surface area contributed by atoms with Crippen LogP contribution < -0.4 is 15.5 Å². The van der Waals surface area contributed by atoms with E-state index < -0.39 is 0 Å². The minimum absolute atomic E-state index is 0.498. The van der Waals surface area contributed by atoms with Crippen molar-refractivity contribution in [3.8, 4) is 5.75 Å². The van der Waals surface area contributed by atoms with Gasteiger partial charge in [-0.05, 0) is 53.7 Å². The number of benzene rings is 3. The highest BCUT2D eigenvalue weighted by molar-refractivity contribution is 7.80. The molecule has 2 N–H and O–H groups in total. The van der Waals surface area contributed by atoms with Crippen molar-refractivity contribution in [2.24, 2.45) is 5.10 Å². The van der Waals surface area contributed by atoms with E-state index in [1.807, 2.05) is 43.3 Å². The molecule has 3 aromatic carbocycles. The van der Waals surface area contributed by atoms with Gasteiger partial charge in [0, 0.05) is 12.1 Å². The van der Waals surface area contributed by atoms with Crippen LogP contribution in [0.25, 0.3) is 10.8 Å². The fourth-order valence-electron chi connectivity index (χ4n) is 2.57. The van der Waals surface area contributed by atoms with Gasteiger partial charge in [-0.15, -0.1) is 0 Å². The Morgan fingerprint density at radius 2 is 1.81 bits per heavy atom. The van der Waals surface area contributed by atoms with E-state index in [9.17, 15) is 0 Å². The van der Waals surface area contributed by atoms with Gasteiger partial charge in [-0.1, -0.05) is 48.5 Å². The van der Waals surface area contributed by atoms with Gasteiger partial charge in [0.2, 0.25) is 0 Å². The van der Waals surface area contributed by atoms with Gasteiger partial charge in [0.05, 0.1) is 6.21 Å². The van der Waals surface area contributed by atoms with Crippen molar-refractivity contribution < 1.29 is 4.74 Å². The van der Waals surface area contributed by atoms with Crippen molar-refractivity contribution in [1.29, 1.82) is 0 Å². The summed E-state index contributed by atoms with van der Waals surface area (Å²) >= 11 is 5.09. The number of hydrazone groups is 1. The van der Waals surface area contributed by atoms with Crippen molar-refractivity contribution in [1.82, 2.24) is 10.7 Å². The van der Waals surface area contributed by atoms with Crippen molar-refractivity contribution in [2.45, 2.75) is 13.5 Å². The number of nitrogens with zero attached hydrogens (tertiary/aromatic N) is 1. The van der Waals surface area contributed by atoms with Gasteiger partial charge in [0.25, 0.3) is 0 Å². The monoisotopic (exact) mass is 363 g/mol. The van der Waals surface area contributed by atoms with E-state index >= 15 is 0 Å². The van der Waals surface area contributed by atoms with Gasteiger partial charge in [-0.25, -0.2) is 0 Å². The SMILES string of the molecule is CCNC(=S)N/N=C\c1ccccc1OCc1ccc2ccccc2c1. The molecule has 0 amide bonds. The fourth-order valence-corrected chi connectivity index (χ4v) is 2.77. The molecule has 0 bridgehead atoms. The highest BCUT2D eigenvalue weighted by atomic mass is 32.1. The van der Waals surface area contributed by atoms with Crippen LogP contribution in [0.15, 0.2) is 71.8 Å². The zero-order valence-corrected chi connectivity index (χ0v) is 15.4. The summed E-state index contributed by atoms with van der Waals surface area (Å²) in [6.45, 7) is 3.24. The summed E-state index contributed by atoms with van der Waals surface area (Å²) in [5.41, 5.74) is 4.80. The summed E-state index contributed by atoms with van der Waals surface area (Å²) in [6.07, 6.45) is 1.71. The summed E-state index contributed by atoms with van der Waals surface area (Å²) in [5, 5.41) is 10.1. The number of fused-ring (bicyclic) bond motifs is 1. The molecule has 0 spiro atoms. The average Bonchev–Trinajstić information content (AvgIpc) is 2.67. The lowest BCUT2D eigenvalue weighted by molar-refractivity contribution is 0.306. The van der Waals surface area contributed by atoms with Gasteiger partial charge in [-0.2, -0.15) is 5.10 Å². The predicted octanol–water partition coefficient (Wildman–Crippen LogP) is 4.24. The summed E-state index contributed by atoms with van der Waals surface area (Å²) in [6, 6.07) is 22.5. The molecule has 0 atom stereocenters. The molecule has 0 saturated heterocycles. The number of para-hydroxylation sites is 1. The van der Waals surface area contributed by atoms with Crippen LogP contribution in [0, 0.1) is 0 Å². The van der Waals surface area contributed by atoms with Gasteiger partial charge in [0.1, 0.15) is 12.4 Å². The van der Waals surface area contributed by atoms with Crippen LogP contribution >= 0.6 is 12.2 Å². The van der Waals surface area contributed by atoms with Crippen molar-refractivity contribution >= 4 is 34.3 Å². The molecule has 0 aliphatic heterocycles. The van der Waals surface area contributed by atoms with E-state index in [0.29, 0.717) is 11.7 Å². The Morgan fingerprint density at radius 1 is 1.04 bits per heavy atom. The third-order valence-corrected chi connectivity index (χ3v) is 4.07. The van der Waals surface area contributed by atoms with Gasteiger partial charge in [0.15, 0.2) is 5.11 Å². The zero-order valence-electron chi connectivity index (χ0n) is 14.6. The quantitative estimate of drug-likeness (QED) is 0.391. The second-order valence-corrected chi connectivity index (χ2v) is 6.15. The average molecular weight is 363 g/mol. The van der Waals surface area contributed by atoms with Crippen LogP contribution in [0.3, 0.4) is 0 Å². The Labute approximate surface area is 158 Å². The third-order valence-electron chi connectivity index (χ3n) is 3.83. The molecule has 5 heteroatoms. The second-order valence-electron chi connectivity index (χ2n) is 5.74. The molecule has 0 aromatic heterocycles. The lowest BCUT2D eigenvalue weighted by Crippen LogP contribution is -2.31. The Hall–Kier alpha value is -2.92. The zero-order chi connectivity index (χ0) is 18.2. The van der Waals surface area contributed by atoms with Crippen LogP contribution in [0.4, 0.5) is 0 Å². The van der Waals surface area contributed by atoms with Crippen molar-refractivity contribution in [3.63, 3.8) is 0 Å². The number of nitrogens with one attached hydrogen (secondary N) is 2. The summed E-state index contributed by atoms with van der Waals surface area (Å²) in [4.78, 5) is 0. The van der Waals surface area contributed by atoms with Crippen LogP contribution in [0.5, 0.6) is 5.75 Å². The molecular formula is C21H21N3OS. The summed E-state index contributed by atoms with van der Waals surface area (Å²) in [7, 11) is 0. The maximum absolute atomic E-state index is 6.01. The van der Waals surface area contributed by atoms with E-state index in [4.69, 9.17) is 17.0 Å². The van der Waals surface area contributed by atoms with Crippen LogP contribution in [0.1, 0.15) is 18.1 Å². The Balaban J connectivity index is 1.67. The number of rotatable bonds is 6. The van der Waals surface area contributed by atoms with Gasteiger partial charge >= 0.3 is 0 Å².